The number of amides is 1. The lowest BCUT2D eigenvalue weighted by Crippen LogP contribution is -2.47. The molecule has 0 aliphatic carbocycles. The first kappa shape index (κ1) is 18.0. The summed E-state index contributed by atoms with van der Waals surface area (Å²) in [5.41, 5.74) is 1.62. The van der Waals surface area contributed by atoms with Crippen LogP contribution < -0.4 is 0 Å². The minimum absolute atomic E-state index is 0.0220. The second kappa shape index (κ2) is 8.04. The van der Waals surface area contributed by atoms with Gasteiger partial charge in [-0.05, 0) is 36.8 Å². The largest absolute Gasteiger partial charge is 0.360 e. The number of nitrogens with zero attached hydrogens (tertiary/aromatic N) is 3. The van der Waals surface area contributed by atoms with E-state index in [0.717, 1.165) is 36.7 Å². The summed E-state index contributed by atoms with van der Waals surface area (Å²) in [6, 6.07) is 7.12. The number of carbonyl (C=O) groups excluding carboxylic acids is 1. The first-order valence-electron chi connectivity index (χ1n) is 8.08. The molecule has 2 heterocycles. The van der Waals surface area contributed by atoms with Gasteiger partial charge in [0, 0.05) is 48.4 Å². The smallest absolute Gasteiger partial charge is 0.246 e. The molecule has 0 bridgehead atoms. The van der Waals surface area contributed by atoms with Crippen molar-refractivity contribution in [3.63, 3.8) is 0 Å². The van der Waals surface area contributed by atoms with Crippen LogP contribution in [0.1, 0.15) is 17.0 Å². The fraction of sp³-hybridized carbons (Fsp3) is 0.333. The molecule has 0 saturated carbocycles. The molecule has 3 rings (SSSR count). The van der Waals surface area contributed by atoms with Crippen LogP contribution in [-0.4, -0.2) is 47.0 Å². The Morgan fingerprint density at radius 2 is 2.00 bits per heavy atom. The predicted molar refractivity (Wildman–Crippen MR) is 98.6 cm³/mol. The molecule has 1 amide bonds. The highest BCUT2D eigenvalue weighted by molar-refractivity contribution is 6.34. The van der Waals surface area contributed by atoms with Crippen molar-refractivity contribution < 1.29 is 9.32 Å². The summed E-state index contributed by atoms with van der Waals surface area (Å²) in [7, 11) is 0. The molecule has 0 radical (unpaired) electrons. The number of hydrogen-bond donors (Lipinski definition) is 0. The van der Waals surface area contributed by atoms with E-state index in [4.69, 9.17) is 27.7 Å². The molecule has 1 aromatic heterocycles. The molecule has 7 heteroatoms. The van der Waals surface area contributed by atoms with E-state index < -0.39 is 0 Å². The van der Waals surface area contributed by atoms with Gasteiger partial charge in [-0.15, -0.1) is 0 Å². The summed E-state index contributed by atoms with van der Waals surface area (Å²) in [5, 5.41) is 5.06. The number of benzene rings is 1. The second-order valence-corrected chi connectivity index (χ2v) is 6.88. The van der Waals surface area contributed by atoms with Gasteiger partial charge in [0.15, 0.2) is 5.76 Å². The molecule has 0 atom stereocenters. The van der Waals surface area contributed by atoms with Crippen LogP contribution in [-0.2, 0) is 11.3 Å². The summed E-state index contributed by atoms with van der Waals surface area (Å²) in [6.07, 6.45) is 3.26. The van der Waals surface area contributed by atoms with Crippen LogP contribution in [0.5, 0.6) is 0 Å². The summed E-state index contributed by atoms with van der Waals surface area (Å²) >= 11 is 12.1. The summed E-state index contributed by atoms with van der Waals surface area (Å²) < 4.78 is 5.24. The van der Waals surface area contributed by atoms with Gasteiger partial charge >= 0.3 is 0 Å². The summed E-state index contributed by atoms with van der Waals surface area (Å²) in [5.74, 6) is 0.832. The van der Waals surface area contributed by atoms with E-state index in [1.165, 1.54) is 0 Å². The lowest BCUT2D eigenvalue weighted by molar-refractivity contribution is -0.127. The molecule has 0 N–H and O–H groups in total. The molecule has 1 saturated heterocycles. The standard InChI is InChI=1S/C18H19Cl2N3O2/c1-13-10-16(25-21-13)12-22-6-8-23(9-7-22)18(24)5-2-14-11-15(19)3-4-17(14)20/h2-5,10-11H,6-9,12H2,1H3/b5-2+. The zero-order valence-electron chi connectivity index (χ0n) is 13.9. The van der Waals surface area contributed by atoms with Gasteiger partial charge < -0.3 is 9.42 Å². The molecular formula is C18H19Cl2N3O2. The fourth-order valence-electron chi connectivity index (χ4n) is 2.75. The maximum Gasteiger partial charge on any atom is 0.246 e. The third-order valence-corrected chi connectivity index (χ3v) is 4.68. The van der Waals surface area contributed by atoms with Crippen molar-refractivity contribution in [2.24, 2.45) is 0 Å². The highest BCUT2D eigenvalue weighted by atomic mass is 35.5. The van der Waals surface area contributed by atoms with Gasteiger partial charge in [0.05, 0.1) is 12.2 Å². The molecule has 132 valence electrons. The molecule has 25 heavy (non-hydrogen) atoms. The Balaban J connectivity index is 1.52. The zero-order valence-corrected chi connectivity index (χ0v) is 15.4. The van der Waals surface area contributed by atoms with Gasteiger partial charge in [-0.3, -0.25) is 9.69 Å². The number of aryl methyl sites for hydroxylation is 1. The fourth-order valence-corrected chi connectivity index (χ4v) is 3.11. The molecule has 5 nitrogen and oxygen atoms in total. The average molecular weight is 380 g/mol. The molecular weight excluding hydrogens is 361 g/mol. The maximum atomic E-state index is 12.4. The van der Waals surface area contributed by atoms with E-state index >= 15 is 0 Å². The molecule has 1 aliphatic heterocycles. The van der Waals surface area contributed by atoms with Crippen LogP contribution in [0.4, 0.5) is 0 Å². The monoisotopic (exact) mass is 379 g/mol. The van der Waals surface area contributed by atoms with Gasteiger partial charge in [-0.25, -0.2) is 0 Å². The Morgan fingerprint density at radius 3 is 2.68 bits per heavy atom. The van der Waals surface area contributed by atoms with Crippen molar-refractivity contribution in [2.75, 3.05) is 26.2 Å². The molecule has 1 aromatic carbocycles. The Morgan fingerprint density at radius 1 is 1.24 bits per heavy atom. The molecule has 1 aliphatic rings. The number of hydrogen-bond acceptors (Lipinski definition) is 4. The Labute approximate surface area is 156 Å². The predicted octanol–water partition coefficient (Wildman–Crippen LogP) is 3.65. The Hall–Kier alpha value is -1.82. The molecule has 2 aromatic rings. The third kappa shape index (κ3) is 4.84. The van der Waals surface area contributed by atoms with Crippen LogP contribution in [0.2, 0.25) is 10.0 Å². The number of rotatable bonds is 4. The summed E-state index contributed by atoms with van der Waals surface area (Å²) in [4.78, 5) is 16.4. The maximum absolute atomic E-state index is 12.4. The number of carbonyl (C=O) groups is 1. The van der Waals surface area contributed by atoms with Gasteiger partial charge in [-0.2, -0.15) is 0 Å². The van der Waals surface area contributed by atoms with E-state index in [1.807, 2.05) is 17.9 Å². The highest BCUT2D eigenvalue weighted by Crippen LogP contribution is 2.22. The van der Waals surface area contributed by atoms with Crippen molar-refractivity contribution in [3.8, 4) is 0 Å². The van der Waals surface area contributed by atoms with Crippen molar-refractivity contribution in [3.05, 3.63) is 57.4 Å². The van der Waals surface area contributed by atoms with Gasteiger partial charge in [0.2, 0.25) is 5.91 Å². The van der Waals surface area contributed by atoms with Crippen molar-refractivity contribution >= 4 is 35.2 Å². The minimum atomic E-state index is -0.0220. The van der Waals surface area contributed by atoms with E-state index in [1.54, 1.807) is 30.4 Å². The normalized spacial score (nSPS) is 15.9. The number of piperazine rings is 1. The first-order valence-corrected chi connectivity index (χ1v) is 8.83. The molecule has 0 spiro atoms. The quantitative estimate of drug-likeness (QED) is 0.760. The van der Waals surface area contributed by atoms with Crippen LogP contribution in [0.25, 0.3) is 6.08 Å². The Bertz CT molecular complexity index is 780. The second-order valence-electron chi connectivity index (χ2n) is 6.04. The highest BCUT2D eigenvalue weighted by Gasteiger charge is 2.20. The molecule has 1 fully saturated rings. The topological polar surface area (TPSA) is 49.6 Å². The lowest BCUT2D eigenvalue weighted by atomic mass is 10.2. The Kier molecular flexibility index (Phi) is 5.78. The van der Waals surface area contributed by atoms with E-state index in [2.05, 4.69) is 10.1 Å². The SMILES string of the molecule is Cc1cc(CN2CCN(C(=O)/C=C/c3cc(Cl)ccc3Cl)CC2)on1. The van der Waals surface area contributed by atoms with Gasteiger partial charge in [0.25, 0.3) is 0 Å². The molecule has 0 unspecified atom stereocenters. The third-order valence-electron chi connectivity index (χ3n) is 4.10. The van der Waals surface area contributed by atoms with E-state index in [-0.39, 0.29) is 5.91 Å². The summed E-state index contributed by atoms with van der Waals surface area (Å²) in [6.45, 7) is 5.59. The van der Waals surface area contributed by atoms with Crippen molar-refractivity contribution in [2.45, 2.75) is 13.5 Å². The van der Waals surface area contributed by atoms with Crippen molar-refractivity contribution in [1.82, 2.24) is 15.0 Å². The minimum Gasteiger partial charge on any atom is -0.360 e. The van der Waals surface area contributed by atoms with Crippen LogP contribution in [0.15, 0.2) is 34.9 Å². The van der Waals surface area contributed by atoms with Crippen molar-refractivity contribution in [1.29, 1.82) is 0 Å². The van der Waals surface area contributed by atoms with Crippen LogP contribution in [0.3, 0.4) is 0 Å². The van der Waals surface area contributed by atoms with Gasteiger partial charge in [-0.1, -0.05) is 28.4 Å². The first-order chi connectivity index (χ1) is 12.0. The van der Waals surface area contributed by atoms with E-state index in [0.29, 0.717) is 23.1 Å². The van der Waals surface area contributed by atoms with Crippen LogP contribution in [0, 0.1) is 6.92 Å². The number of aromatic nitrogens is 1. The average Bonchev–Trinajstić information content (AvgIpc) is 3.01. The number of halogens is 2. The van der Waals surface area contributed by atoms with Gasteiger partial charge in [0.1, 0.15) is 0 Å². The van der Waals surface area contributed by atoms with Crippen LogP contribution >= 0.6 is 23.2 Å². The lowest BCUT2D eigenvalue weighted by Gasteiger charge is -2.33. The zero-order chi connectivity index (χ0) is 17.8. The van der Waals surface area contributed by atoms with E-state index in [9.17, 15) is 4.79 Å².